The van der Waals surface area contributed by atoms with Gasteiger partial charge in [-0.1, -0.05) is 6.07 Å². The third-order valence-corrected chi connectivity index (χ3v) is 3.41. The monoisotopic (exact) mass is 351 g/mol. The molecule has 5 nitrogen and oxygen atoms in total. The van der Waals surface area contributed by atoms with Gasteiger partial charge in [-0.3, -0.25) is 9.59 Å². The Morgan fingerprint density at radius 2 is 1.84 bits per heavy atom. The fourth-order valence-electron chi connectivity index (χ4n) is 2.28. The Hall–Kier alpha value is -3.23. The van der Waals surface area contributed by atoms with Gasteiger partial charge in [-0.05, 0) is 30.3 Å². The average molecular weight is 351 g/mol. The zero-order valence-corrected chi connectivity index (χ0v) is 12.3. The molecule has 9 heteroatoms. The number of rotatable bonds is 2. The number of carbonyl (C=O) groups is 1. The molecule has 3 rings (SSSR count). The van der Waals surface area contributed by atoms with Crippen LogP contribution in [-0.2, 0) is 6.18 Å². The van der Waals surface area contributed by atoms with Crippen molar-refractivity contribution in [2.45, 2.75) is 6.18 Å². The predicted molar refractivity (Wildman–Crippen MR) is 81.7 cm³/mol. The zero-order valence-electron chi connectivity index (χ0n) is 12.3. The van der Waals surface area contributed by atoms with Crippen molar-refractivity contribution in [3.8, 4) is 0 Å². The lowest BCUT2D eigenvalue weighted by Gasteiger charge is -2.10. The summed E-state index contributed by atoms with van der Waals surface area (Å²) >= 11 is 0. The first-order chi connectivity index (χ1) is 11.8. The van der Waals surface area contributed by atoms with Crippen molar-refractivity contribution in [2.75, 3.05) is 5.32 Å². The first-order valence-corrected chi connectivity index (χ1v) is 6.93. The number of amides is 1. The molecule has 0 spiro atoms. The third kappa shape index (κ3) is 3.21. The van der Waals surface area contributed by atoms with E-state index >= 15 is 0 Å². The third-order valence-electron chi connectivity index (χ3n) is 3.41. The molecule has 0 saturated heterocycles. The molecule has 2 N–H and O–H groups in total. The molecule has 128 valence electrons. The van der Waals surface area contributed by atoms with Crippen LogP contribution in [0.2, 0.25) is 0 Å². The predicted octanol–water partition coefficient (Wildman–Crippen LogP) is 3.33. The van der Waals surface area contributed by atoms with Crippen LogP contribution in [0.25, 0.3) is 10.8 Å². The summed E-state index contributed by atoms with van der Waals surface area (Å²) in [5.41, 5.74) is -2.54. The van der Waals surface area contributed by atoms with Gasteiger partial charge in [0.15, 0.2) is 11.5 Å². The number of fused-ring (bicyclic) bond motifs is 1. The number of aromatic nitrogens is 2. The first-order valence-electron chi connectivity index (χ1n) is 6.93. The second kappa shape index (κ2) is 6.00. The van der Waals surface area contributed by atoms with E-state index in [2.05, 4.69) is 15.3 Å². The van der Waals surface area contributed by atoms with Crippen LogP contribution in [-0.4, -0.2) is 15.9 Å². The Bertz CT molecular complexity index is 1030. The molecule has 0 bridgehead atoms. The molecule has 0 atom stereocenters. The highest BCUT2D eigenvalue weighted by Gasteiger charge is 2.36. The van der Waals surface area contributed by atoms with Crippen molar-refractivity contribution in [1.29, 1.82) is 0 Å². The summed E-state index contributed by atoms with van der Waals surface area (Å²) in [5, 5.41) is 3.08. The summed E-state index contributed by atoms with van der Waals surface area (Å²) in [4.78, 5) is 29.4. The van der Waals surface area contributed by atoms with E-state index in [9.17, 15) is 27.2 Å². The molecule has 0 saturated carbocycles. The Labute approximate surface area is 137 Å². The summed E-state index contributed by atoms with van der Waals surface area (Å²) in [6, 6.07) is 7.42. The molecule has 25 heavy (non-hydrogen) atoms. The number of nitrogens with one attached hydrogen (secondary N) is 2. The molecular weight excluding hydrogens is 342 g/mol. The molecule has 2 aromatic heterocycles. The minimum Gasteiger partial charge on any atom is -0.329 e. The van der Waals surface area contributed by atoms with Gasteiger partial charge in [-0.25, -0.2) is 9.37 Å². The van der Waals surface area contributed by atoms with Gasteiger partial charge in [0, 0.05) is 22.7 Å². The van der Waals surface area contributed by atoms with E-state index in [0.717, 1.165) is 6.07 Å². The molecule has 0 aliphatic rings. The number of alkyl halides is 3. The van der Waals surface area contributed by atoms with Crippen LogP contribution in [0.5, 0.6) is 0 Å². The second-order valence-corrected chi connectivity index (χ2v) is 5.05. The van der Waals surface area contributed by atoms with Crippen LogP contribution in [0.15, 0.2) is 47.4 Å². The van der Waals surface area contributed by atoms with Gasteiger partial charge >= 0.3 is 6.18 Å². The molecule has 0 unspecified atom stereocenters. The van der Waals surface area contributed by atoms with Crippen molar-refractivity contribution in [2.24, 2.45) is 0 Å². The Balaban J connectivity index is 1.99. The maximum Gasteiger partial charge on any atom is 0.436 e. The van der Waals surface area contributed by atoms with E-state index < -0.39 is 29.3 Å². The lowest BCUT2D eigenvalue weighted by atomic mass is 10.1. The molecule has 3 aromatic rings. The maximum absolute atomic E-state index is 13.3. The van der Waals surface area contributed by atoms with Gasteiger partial charge in [-0.2, -0.15) is 13.2 Å². The summed E-state index contributed by atoms with van der Waals surface area (Å²) in [6.45, 7) is 0. The van der Waals surface area contributed by atoms with Crippen molar-refractivity contribution in [3.63, 3.8) is 0 Å². The van der Waals surface area contributed by atoms with E-state index in [0.29, 0.717) is 16.8 Å². The highest BCUT2D eigenvalue weighted by atomic mass is 19.4. The van der Waals surface area contributed by atoms with Crippen LogP contribution >= 0.6 is 0 Å². The van der Waals surface area contributed by atoms with Crippen LogP contribution in [0, 0.1) is 5.82 Å². The zero-order chi connectivity index (χ0) is 18.2. The Kier molecular flexibility index (Phi) is 3.99. The fourth-order valence-corrected chi connectivity index (χ4v) is 2.28. The van der Waals surface area contributed by atoms with Gasteiger partial charge in [0.25, 0.3) is 11.5 Å². The Morgan fingerprint density at radius 3 is 2.56 bits per heavy atom. The summed E-state index contributed by atoms with van der Waals surface area (Å²) < 4.78 is 51.4. The normalized spacial score (nSPS) is 11.5. The fraction of sp³-hybridized carbons (Fsp3) is 0.0625. The molecule has 1 aromatic carbocycles. The molecular formula is C16H9F4N3O2. The number of hydrogen-bond acceptors (Lipinski definition) is 3. The van der Waals surface area contributed by atoms with E-state index in [1.165, 1.54) is 30.5 Å². The van der Waals surface area contributed by atoms with Gasteiger partial charge in [-0.15, -0.1) is 0 Å². The number of H-pyrrole nitrogens is 1. The lowest BCUT2D eigenvalue weighted by Crippen LogP contribution is -2.19. The largest absolute Gasteiger partial charge is 0.436 e. The summed E-state index contributed by atoms with van der Waals surface area (Å²) in [5.74, 6) is -2.53. The van der Waals surface area contributed by atoms with Crippen LogP contribution in [0.4, 0.5) is 23.2 Å². The molecule has 0 aliphatic carbocycles. The second-order valence-electron chi connectivity index (χ2n) is 5.05. The molecule has 1 amide bonds. The highest BCUT2D eigenvalue weighted by Crippen LogP contribution is 2.30. The Morgan fingerprint density at radius 1 is 1.08 bits per heavy atom. The number of nitrogens with zero attached hydrogens (tertiary/aromatic N) is 1. The van der Waals surface area contributed by atoms with E-state index in [4.69, 9.17) is 0 Å². The van der Waals surface area contributed by atoms with Crippen molar-refractivity contribution in [1.82, 2.24) is 9.97 Å². The number of hydrogen-bond donors (Lipinski definition) is 2. The van der Waals surface area contributed by atoms with Crippen LogP contribution < -0.4 is 10.9 Å². The SMILES string of the molecule is O=C(Nc1cccc2c(=O)[nH]ccc12)c1ccc(F)c(C(F)(F)F)n1. The smallest absolute Gasteiger partial charge is 0.329 e. The van der Waals surface area contributed by atoms with Gasteiger partial charge < -0.3 is 10.3 Å². The number of pyridine rings is 2. The maximum atomic E-state index is 13.3. The number of halogens is 4. The summed E-state index contributed by atoms with van der Waals surface area (Å²) in [6.07, 6.45) is -3.65. The minimum absolute atomic E-state index is 0.216. The molecule has 0 fully saturated rings. The van der Waals surface area contributed by atoms with Gasteiger partial charge in [0.05, 0.1) is 0 Å². The van der Waals surface area contributed by atoms with E-state index in [-0.39, 0.29) is 11.2 Å². The van der Waals surface area contributed by atoms with Gasteiger partial charge in [0.1, 0.15) is 5.69 Å². The highest BCUT2D eigenvalue weighted by molar-refractivity contribution is 6.08. The topological polar surface area (TPSA) is 74.8 Å². The average Bonchev–Trinajstić information content (AvgIpc) is 2.55. The number of benzene rings is 1. The lowest BCUT2D eigenvalue weighted by molar-refractivity contribution is -0.143. The van der Waals surface area contributed by atoms with Crippen LogP contribution in [0.3, 0.4) is 0 Å². The van der Waals surface area contributed by atoms with Crippen molar-refractivity contribution in [3.05, 3.63) is 70.2 Å². The standard InChI is InChI=1S/C16H9F4N3O2/c17-10-4-5-12(22-13(10)16(18,19)20)15(25)23-11-3-1-2-9-8(11)6-7-21-14(9)24/h1-7H,(H,21,24)(H,23,25). The number of carbonyl (C=O) groups excluding carboxylic acids is 1. The van der Waals surface area contributed by atoms with Crippen LogP contribution in [0.1, 0.15) is 16.2 Å². The van der Waals surface area contributed by atoms with E-state index in [1.54, 1.807) is 0 Å². The molecule has 2 heterocycles. The van der Waals surface area contributed by atoms with Gasteiger partial charge in [0.2, 0.25) is 0 Å². The summed E-state index contributed by atoms with van der Waals surface area (Å²) in [7, 11) is 0. The van der Waals surface area contributed by atoms with E-state index in [1.807, 2.05) is 0 Å². The van der Waals surface area contributed by atoms with Crippen molar-refractivity contribution < 1.29 is 22.4 Å². The molecule has 0 radical (unpaired) electrons. The quantitative estimate of drug-likeness (QED) is 0.696. The van der Waals surface area contributed by atoms with Crippen molar-refractivity contribution >= 4 is 22.4 Å². The number of anilines is 1. The first kappa shape index (κ1) is 16.6. The molecule has 0 aliphatic heterocycles. The number of aromatic amines is 1. The minimum atomic E-state index is -5.02.